The predicted octanol–water partition coefficient (Wildman–Crippen LogP) is 2.22. The molecule has 18 heavy (non-hydrogen) atoms. The van der Waals surface area contributed by atoms with E-state index < -0.39 is 0 Å². The molecule has 6 heteroatoms. The van der Waals surface area contributed by atoms with E-state index in [1.54, 1.807) is 7.11 Å². The molecule has 0 spiro atoms. The Labute approximate surface area is 111 Å². The molecule has 0 radical (unpaired) electrons. The van der Waals surface area contributed by atoms with E-state index in [1.807, 2.05) is 18.2 Å². The van der Waals surface area contributed by atoms with E-state index in [-0.39, 0.29) is 0 Å². The zero-order valence-corrected chi connectivity index (χ0v) is 11.8. The maximum absolute atomic E-state index is 6.09. The summed E-state index contributed by atoms with van der Waals surface area (Å²) < 4.78 is 7.13. The number of ether oxygens (including phenoxy) is 1. The minimum absolute atomic E-state index is 0.383. The second-order valence-corrected chi connectivity index (χ2v) is 4.97. The highest BCUT2D eigenvalue weighted by atomic mass is 35.5. The van der Waals surface area contributed by atoms with Crippen LogP contribution in [0.4, 0.5) is 0 Å². The van der Waals surface area contributed by atoms with Crippen LogP contribution in [0.1, 0.15) is 24.1 Å². The smallest absolute Gasteiger partial charge is 0.198 e. The molecule has 0 fully saturated rings. The minimum atomic E-state index is 0.383. The van der Waals surface area contributed by atoms with Crippen molar-refractivity contribution in [3.63, 3.8) is 0 Å². The van der Waals surface area contributed by atoms with Crippen LogP contribution >= 0.6 is 11.6 Å². The summed E-state index contributed by atoms with van der Waals surface area (Å²) in [5, 5.41) is 8.72. The number of fused-ring (bicyclic) bond motifs is 1. The van der Waals surface area contributed by atoms with Crippen molar-refractivity contribution in [3.05, 3.63) is 22.4 Å². The first-order chi connectivity index (χ1) is 8.54. The van der Waals surface area contributed by atoms with Crippen molar-refractivity contribution in [2.24, 2.45) is 5.92 Å². The van der Waals surface area contributed by atoms with Crippen LogP contribution in [0.2, 0.25) is 5.15 Å². The van der Waals surface area contributed by atoms with Gasteiger partial charge in [-0.2, -0.15) is 0 Å². The summed E-state index contributed by atoms with van der Waals surface area (Å²) >= 11 is 6.09. The number of methoxy groups -OCH3 is 1. The molecule has 2 aromatic heterocycles. The lowest BCUT2D eigenvalue weighted by Crippen LogP contribution is -2.11. The zero-order chi connectivity index (χ0) is 13.3. The lowest BCUT2D eigenvalue weighted by Gasteiger charge is -2.10. The molecule has 0 amide bonds. The Morgan fingerprint density at radius 2 is 2.06 bits per heavy atom. The van der Waals surface area contributed by atoms with Gasteiger partial charge in [-0.15, -0.1) is 10.2 Å². The Morgan fingerprint density at radius 3 is 2.72 bits per heavy atom. The zero-order valence-electron chi connectivity index (χ0n) is 11.1. The second kappa shape index (κ2) is 5.20. The van der Waals surface area contributed by atoms with E-state index in [4.69, 9.17) is 16.3 Å². The molecule has 0 saturated carbocycles. The maximum atomic E-state index is 6.09. The van der Waals surface area contributed by atoms with Gasteiger partial charge in [-0.05, 0) is 19.8 Å². The van der Waals surface area contributed by atoms with Crippen LogP contribution < -0.4 is 0 Å². The van der Waals surface area contributed by atoms with Gasteiger partial charge in [-0.1, -0.05) is 18.5 Å². The van der Waals surface area contributed by atoms with Crippen LogP contribution in [0.3, 0.4) is 0 Å². The van der Waals surface area contributed by atoms with E-state index in [9.17, 15) is 0 Å². The number of aromatic nitrogens is 4. The number of hydrogen-bond acceptors (Lipinski definition) is 4. The summed E-state index contributed by atoms with van der Waals surface area (Å²) in [5.74, 6) is 1.29. The summed E-state index contributed by atoms with van der Waals surface area (Å²) in [7, 11) is 1.70. The largest absolute Gasteiger partial charge is 0.384 e. The first-order valence-electron chi connectivity index (χ1n) is 5.90. The molecule has 0 aliphatic heterocycles. The molecule has 1 atom stereocenters. The maximum Gasteiger partial charge on any atom is 0.198 e. The standard InChI is InChI=1S/C12H17ClN4O/c1-7(6-18-4)5-10-15-16-12-11(13)14-8(2)9(3)17(10)12/h7H,5-6H2,1-4H3. The van der Waals surface area contributed by atoms with Crippen molar-refractivity contribution in [2.45, 2.75) is 27.2 Å². The fourth-order valence-electron chi connectivity index (χ4n) is 2.03. The van der Waals surface area contributed by atoms with Gasteiger partial charge in [0.05, 0.1) is 5.69 Å². The number of rotatable bonds is 4. The van der Waals surface area contributed by atoms with Crippen molar-refractivity contribution >= 4 is 17.2 Å². The molecule has 2 aromatic rings. The lowest BCUT2D eigenvalue weighted by atomic mass is 10.1. The molecule has 2 rings (SSSR count). The summed E-state index contributed by atoms with van der Waals surface area (Å²) in [5.41, 5.74) is 2.55. The molecule has 0 aromatic carbocycles. The quantitative estimate of drug-likeness (QED) is 0.853. The fourth-order valence-corrected chi connectivity index (χ4v) is 2.28. The van der Waals surface area contributed by atoms with Gasteiger partial charge in [0.1, 0.15) is 5.82 Å². The van der Waals surface area contributed by atoms with Gasteiger partial charge < -0.3 is 4.74 Å². The highest BCUT2D eigenvalue weighted by Crippen LogP contribution is 2.19. The molecule has 0 N–H and O–H groups in total. The third kappa shape index (κ3) is 2.33. The van der Waals surface area contributed by atoms with Crippen molar-refractivity contribution < 1.29 is 4.74 Å². The highest BCUT2D eigenvalue weighted by molar-refractivity contribution is 6.32. The van der Waals surface area contributed by atoms with E-state index in [0.29, 0.717) is 23.3 Å². The van der Waals surface area contributed by atoms with E-state index in [1.165, 1.54) is 0 Å². The number of aryl methyl sites for hydroxylation is 2. The van der Waals surface area contributed by atoms with E-state index >= 15 is 0 Å². The fraction of sp³-hybridized carbons (Fsp3) is 0.583. The summed E-state index contributed by atoms with van der Waals surface area (Å²) in [4.78, 5) is 4.25. The first-order valence-corrected chi connectivity index (χ1v) is 6.28. The Balaban J connectivity index is 2.46. The minimum Gasteiger partial charge on any atom is -0.384 e. The average molecular weight is 269 g/mol. The van der Waals surface area contributed by atoms with Crippen LogP contribution in [0.5, 0.6) is 0 Å². The second-order valence-electron chi connectivity index (χ2n) is 4.61. The molecule has 0 aliphatic carbocycles. The van der Waals surface area contributed by atoms with Crippen molar-refractivity contribution in [1.82, 2.24) is 19.6 Å². The molecule has 1 unspecified atom stereocenters. The van der Waals surface area contributed by atoms with Crippen LogP contribution in [-0.2, 0) is 11.2 Å². The predicted molar refractivity (Wildman–Crippen MR) is 70.0 cm³/mol. The summed E-state index contributed by atoms with van der Waals surface area (Å²) in [6, 6.07) is 0. The van der Waals surface area contributed by atoms with Crippen molar-refractivity contribution in [2.75, 3.05) is 13.7 Å². The molecule has 5 nitrogen and oxygen atoms in total. The molecule has 0 bridgehead atoms. The molecular weight excluding hydrogens is 252 g/mol. The molecule has 0 aliphatic rings. The summed E-state index contributed by atoms with van der Waals surface area (Å²) in [6.07, 6.45) is 0.801. The molecular formula is C12H17ClN4O. The van der Waals surface area contributed by atoms with Crippen LogP contribution in [0.15, 0.2) is 0 Å². The van der Waals surface area contributed by atoms with Gasteiger partial charge in [0.15, 0.2) is 10.8 Å². The number of hydrogen-bond donors (Lipinski definition) is 0. The van der Waals surface area contributed by atoms with E-state index in [0.717, 1.165) is 23.6 Å². The third-order valence-electron chi connectivity index (χ3n) is 3.02. The van der Waals surface area contributed by atoms with Crippen molar-refractivity contribution in [1.29, 1.82) is 0 Å². The van der Waals surface area contributed by atoms with E-state index in [2.05, 4.69) is 22.1 Å². The van der Waals surface area contributed by atoms with Gasteiger partial charge >= 0.3 is 0 Å². The SMILES string of the molecule is COCC(C)Cc1nnc2c(Cl)nc(C)c(C)n12. The molecule has 0 saturated heterocycles. The van der Waals surface area contributed by atoms with Gasteiger partial charge in [0.25, 0.3) is 0 Å². The van der Waals surface area contributed by atoms with Gasteiger partial charge in [-0.25, -0.2) is 4.98 Å². The van der Waals surface area contributed by atoms with Gasteiger partial charge in [0.2, 0.25) is 0 Å². The van der Waals surface area contributed by atoms with Crippen LogP contribution in [-0.4, -0.2) is 33.3 Å². The third-order valence-corrected chi connectivity index (χ3v) is 3.28. The van der Waals surface area contributed by atoms with Crippen molar-refractivity contribution in [3.8, 4) is 0 Å². The lowest BCUT2D eigenvalue weighted by molar-refractivity contribution is 0.158. The Bertz CT molecular complexity index is 567. The van der Waals surface area contributed by atoms with Gasteiger partial charge in [0, 0.05) is 25.8 Å². The number of nitrogens with zero attached hydrogens (tertiary/aromatic N) is 4. The highest BCUT2D eigenvalue weighted by Gasteiger charge is 2.15. The van der Waals surface area contributed by atoms with Gasteiger partial charge in [-0.3, -0.25) is 4.40 Å². The Hall–Kier alpha value is -1.20. The normalized spacial score (nSPS) is 13.2. The Morgan fingerprint density at radius 1 is 1.33 bits per heavy atom. The monoisotopic (exact) mass is 268 g/mol. The topological polar surface area (TPSA) is 52.3 Å². The average Bonchev–Trinajstić information content (AvgIpc) is 2.71. The summed E-state index contributed by atoms with van der Waals surface area (Å²) in [6.45, 7) is 6.75. The van der Waals surface area contributed by atoms with Crippen LogP contribution in [0, 0.1) is 19.8 Å². The first kappa shape index (κ1) is 13.2. The Kier molecular flexibility index (Phi) is 3.82. The van der Waals surface area contributed by atoms with Crippen LogP contribution in [0.25, 0.3) is 5.65 Å². The molecule has 2 heterocycles. The molecule has 98 valence electrons. The number of halogens is 1.